The fourth-order valence-electron chi connectivity index (χ4n) is 7.36. The van der Waals surface area contributed by atoms with Crippen LogP contribution in [0.3, 0.4) is 0 Å². The number of Topliss-reactive ketones (excluding diaryl/α,β-unsaturated/α-hetero) is 1. The zero-order chi connectivity index (χ0) is 48.0. The van der Waals surface area contributed by atoms with Gasteiger partial charge in [-0.05, 0) is 130 Å². The molecule has 0 bridgehead atoms. The Hall–Kier alpha value is -4.52. The highest BCUT2D eigenvalue weighted by Gasteiger charge is 2.45. The number of nitrogens with one attached hydrogen (secondary N) is 4. The molecule has 0 saturated heterocycles. The predicted molar refractivity (Wildman–Crippen MR) is 232 cm³/mol. The number of alkyl carbamates (subject to hydrolysis) is 1. The minimum atomic E-state index is -4.88. The molecule has 0 spiro atoms. The number of esters is 1. The van der Waals surface area contributed by atoms with E-state index in [1.54, 1.807) is 55.4 Å². The van der Waals surface area contributed by atoms with Gasteiger partial charge in [-0.1, -0.05) is 13.8 Å². The Balaban J connectivity index is 1.45. The number of anilines is 1. The second kappa shape index (κ2) is 20.8. The molecule has 64 heavy (non-hydrogen) atoms. The summed E-state index contributed by atoms with van der Waals surface area (Å²) in [6.07, 6.45) is -2.76. The topological polar surface area (TPSA) is 231 Å². The third-order valence-corrected chi connectivity index (χ3v) is 12.1. The number of alkyl halides is 3. The lowest BCUT2D eigenvalue weighted by molar-refractivity contribution is -0.158. The molecule has 1 fully saturated rings. The molecule has 21 heteroatoms. The molecule has 0 radical (unpaired) electrons. The number of amides is 3. The van der Waals surface area contributed by atoms with Gasteiger partial charge in [0, 0.05) is 24.7 Å². The van der Waals surface area contributed by atoms with Crippen molar-refractivity contribution in [2.24, 2.45) is 11.1 Å². The summed E-state index contributed by atoms with van der Waals surface area (Å²) < 4.78 is 80.5. The van der Waals surface area contributed by atoms with Gasteiger partial charge in [0.2, 0.25) is 5.91 Å². The maximum atomic E-state index is 14.3. The SMILES string of the molecule is CC(NP(=O)(OCCCCCNC(=O)OC(C)(C)C)OC1CCC(Nc2cc(-n3nc(C(F)(F)F)c4c3CC(C)(C)CC4=O)ccc2C(N)=O)CC1)C(=O)NC(C)C(=O)OC(C)(C)C. The first-order valence-corrected chi connectivity index (χ1v) is 23.1. The maximum Gasteiger partial charge on any atom is 0.435 e. The highest BCUT2D eigenvalue weighted by atomic mass is 31.2. The second-order valence-corrected chi connectivity index (χ2v) is 21.0. The second-order valence-electron chi connectivity index (χ2n) is 19.3. The van der Waals surface area contributed by atoms with E-state index in [0.29, 0.717) is 51.5 Å². The molecule has 1 aromatic carbocycles. The molecule has 3 unspecified atom stereocenters. The number of fused-ring (bicyclic) bond motifs is 1. The van der Waals surface area contributed by atoms with Crippen LogP contribution < -0.4 is 26.8 Å². The number of hydrogen-bond donors (Lipinski definition) is 5. The molecular formula is C43H65F3N7O10P. The van der Waals surface area contributed by atoms with Gasteiger partial charge in [-0.2, -0.15) is 18.3 Å². The van der Waals surface area contributed by atoms with Crippen molar-refractivity contribution in [1.29, 1.82) is 0 Å². The average Bonchev–Trinajstić information content (AvgIpc) is 3.53. The Morgan fingerprint density at radius 3 is 2.17 bits per heavy atom. The molecule has 1 saturated carbocycles. The number of ether oxygens (including phenoxy) is 2. The summed E-state index contributed by atoms with van der Waals surface area (Å²) >= 11 is 0. The lowest BCUT2D eigenvalue weighted by Gasteiger charge is -2.33. The number of hydrogen-bond acceptors (Lipinski definition) is 12. The van der Waals surface area contributed by atoms with Crippen LogP contribution in [-0.4, -0.2) is 88.0 Å². The van der Waals surface area contributed by atoms with Crippen LogP contribution in [0.25, 0.3) is 5.69 Å². The third kappa shape index (κ3) is 15.3. The first kappa shape index (κ1) is 52.1. The standard InChI is InChI=1S/C43H65F3N7O10P/c1-25(37(56)49-26(2)38(57)61-40(3,4)5)52-64(59,60-21-13-11-12-20-48-39(58)62-41(6,7)8)63-29-17-14-27(15-18-29)50-31-22-28(16-19-30(31)36(47)55)53-32-23-42(9,10)24-33(54)34(32)35(51-53)43(44,45)46/h16,19,22,25-27,29,50H,11-15,17-18,20-21,23-24H2,1-10H3,(H2,47,55)(H,48,58)(H,49,56)(H,52,59). The fourth-order valence-corrected chi connectivity index (χ4v) is 9.12. The van der Waals surface area contributed by atoms with Crippen LogP contribution in [0.4, 0.5) is 23.7 Å². The Morgan fingerprint density at radius 2 is 1.58 bits per heavy atom. The van der Waals surface area contributed by atoms with Crippen LogP contribution in [0.5, 0.6) is 0 Å². The molecule has 1 aromatic heterocycles. The molecule has 17 nitrogen and oxygen atoms in total. The first-order chi connectivity index (χ1) is 29.5. The summed E-state index contributed by atoms with van der Waals surface area (Å²) in [7, 11) is -4.19. The summed E-state index contributed by atoms with van der Waals surface area (Å²) in [5, 5.41) is 15.1. The van der Waals surface area contributed by atoms with Crippen molar-refractivity contribution in [3.05, 3.63) is 40.7 Å². The van der Waals surface area contributed by atoms with E-state index >= 15 is 0 Å². The minimum absolute atomic E-state index is 0.0158. The molecule has 4 rings (SSSR count). The van der Waals surface area contributed by atoms with E-state index in [1.165, 1.54) is 32.0 Å². The van der Waals surface area contributed by atoms with Crippen molar-refractivity contribution in [3.8, 4) is 5.69 Å². The predicted octanol–water partition coefficient (Wildman–Crippen LogP) is 7.53. The van der Waals surface area contributed by atoms with Gasteiger partial charge in [0.1, 0.15) is 17.2 Å². The van der Waals surface area contributed by atoms with Crippen molar-refractivity contribution >= 4 is 43.1 Å². The average molecular weight is 928 g/mol. The van der Waals surface area contributed by atoms with Gasteiger partial charge >= 0.3 is 26.0 Å². The lowest BCUT2D eigenvalue weighted by Crippen LogP contribution is -2.48. The summed E-state index contributed by atoms with van der Waals surface area (Å²) in [6.45, 7) is 17.2. The van der Waals surface area contributed by atoms with E-state index < -0.39 is 89.6 Å². The quantitative estimate of drug-likeness (QED) is 0.0554. The number of primary amides is 1. The molecule has 358 valence electrons. The molecule has 1 heterocycles. The fraction of sp³-hybridized carbons (Fsp3) is 0.674. The van der Waals surface area contributed by atoms with Crippen molar-refractivity contribution < 1.29 is 60.2 Å². The van der Waals surface area contributed by atoms with Crippen molar-refractivity contribution in [3.63, 3.8) is 0 Å². The Bertz CT molecular complexity index is 2070. The molecule has 0 aliphatic heterocycles. The van der Waals surface area contributed by atoms with E-state index in [-0.39, 0.29) is 48.1 Å². The molecule has 2 aliphatic carbocycles. The molecule has 2 aliphatic rings. The highest BCUT2D eigenvalue weighted by Crippen LogP contribution is 2.48. The minimum Gasteiger partial charge on any atom is -0.458 e. The summed E-state index contributed by atoms with van der Waals surface area (Å²) in [5.74, 6) is -2.72. The normalized spacial score (nSPS) is 19.7. The Labute approximate surface area is 372 Å². The number of nitrogens with zero attached hydrogens (tertiary/aromatic N) is 2. The zero-order valence-electron chi connectivity index (χ0n) is 38.5. The van der Waals surface area contributed by atoms with Gasteiger partial charge in [-0.15, -0.1) is 0 Å². The van der Waals surface area contributed by atoms with Crippen LogP contribution >= 0.6 is 7.75 Å². The number of rotatable bonds is 18. The first-order valence-electron chi connectivity index (χ1n) is 21.6. The zero-order valence-corrected chi connectivity index (χ0v) is 39.3. The number of ketones is 1. The Morgan fingerprint density at radius 1 is 0.938 bits per heavy atom. The van der Waals surface area contributed by atoms with Gasteiger partial charge in [-0.3, -0.25) is 23.4 Å². The van der Waals surface area contributed by atoms with E-state index in [0.717, 1.165) is 4.68 Å². The van der Waals surface area contributed by atoms with Gasteiger partial charge in [-0.25, -0.2) is 23.9 Å². The van der Waals surface area contributed by atoms with Gasteiger partial charge in [0.05, 0.1) is 41.3 Å². The van der Waals surface area contributed by atoms with Crippen LogP contribution in [0.1, 0.15) is 153 Å². The number of nitrogens with two attached hydrogens (primary N) is 1. The highest BCUT2D eigenvalue weighted by molar-refractivity contribution is 7.51. The third-order valence-electron chi connectivity index (χ3n) is 10.3. The number of carbonyl (C=O) groups is 5. The van der Waals surface area contributed by atoms with Crippen LogP contribution in [-0.2, 0) is 45.3 Å². The van der Waals surface area contributed by atoms with E-state index in [2.05, 4.69) is 26.1 Å². The van der Waals surface area contributed by atoms with E-state index in [4.69, 9.17) is 24.3 Å². The summed E-state index contributed by atoms with van der Waals surface area (Å²) in [4.78, 5) is 63.2. The van der Waals surface area contributed by atoms with Crippen molar-refractivity contribution in [2.45, 2.75) is 169 Å². The summed E-state index contributed by atoms with van der Waals surface area (Å²) in [5.41, 5.74) is 2.65. The number of carbonyl (C=O) groups excluding carboxylic acids is 5. The van der Waals surface area contributed by atoms with E-state index in [1.807, 2.05) is 0 Å². The molecular weight excluding hydrogens is 862 g/mol. The lowest BCUT2D eigenvalue weighted by atomic mass is 9.75. The molecule has 6 N–H and O–H groups in total. The maximum absolute atomic E-state index is 14.3. The molecule has 2 aromatic rings. The monoisotopic (exact) mass is 927 g/mol. The van der Waals surface area contributed by atoms with Crippen molar-refractivity contribution in [1.82, 2.24) is 25.5 Å². The molecule has 3 amide bonds. The Kier molecular flexibility index (Phi) is 16.9. The molecule has 3 atom stereocenters. The largest absolute Gasteiger partial charge is 0.458 e. The van der Waals surface area contributed by atoms with E-state index in [9.17, 15) is 41.7 Å². The van der Waals surface area contributed by atoms with Crippen LogP contribution in [0.2, 0.25) is 0 Å². The number of benzene rings is 1. The van der Waals surface area contributed by atoms with Gasteiger partial charge in [0.25, 0.3) is 5.91 Å². The number of halogens is 3. The van der Waals surface area contributed by atoms with Gasteiger partial charge < -0.3 is 31.2 Å². The van der Waals surface area contributed by atoms with Crippen LogP contribution in [0, 0.1) is 5.41 Å². The summed E-state index contributed by atoms with van der Waals surface area (Å²) in [6, 6.07) is 1.88. The van der Waals surface area contributed by atoms with Crippen molar-refractivity contribution in [2.75, 3.05) is 18.5 Å². The van der Waals surface area contributed by atoms with Gasteiger partial charge in [0.15, 0.2) is 11.5 Å². The number of aromatic nitrogens is 2. The smallest absolute Gasteiger partial charge is 0.435 e. The van der Waals surface area contributed by atoms with Crippen LogP contribution in [0.15, 0.2) is 18.2 Å². The number of unbranched alkanes of at least 4 members (excludes halogenated alkanes) is 2.